The second-order valence-electron chi connectivity index (χ2n) is 4.84. The van der Waals surface area contributed by atoms with Crippen LogP contribution in [0, 0.1) is 18.7 Å². The SMILES string of the molecule is Cc1cc(F)c(S(=O)(=O)N2CCC(CO)C2)cc1N. The Morgan fingerprint density at radius 2 is 2.21 bits per heavy atom. The molecule has 0 radical (unpaired) electrons. The van der Waals surface area contributed by atoms with E-state index in [4.69, 9.17) is 10.8 Å². The number of rotatable bonds is 3. The molecule has 0 aromatic heterocycles. The molecule has 2 rings (SSSR count). The maximum absolute atomic E-state index is 13.8. The molecule has 106 valence electrons. The molecule has 1 saturated heterocycles. The molecule has 1 aromatic rings. The summed E-state index contributed by atoms with van der Waals surface area (Å²) in [5.74, 6) is -0.875. The van der Waals surface area contributed by atoms with Crippen LogP contribution in [0.1, 0.15) is 12.0 Å². The Hall–Kier alpha value is -1.18. The summed E-state index contributed by atoms with van der Waals surface area (Å²) in [5, 5.41) is 9.04. The lowest BCUT2D eigenvalue weighted by atomic mass is 10.1. The molecule has 1 atom stereocenters. The number of nitrogen functional groups attached to an aromatic ring is 1. The van der Waals surface area contributed by atoms with Crippen molar-refractivity contribution in [1.29, 1.82) is 0 Å². The van der Waals surface area contributed by atoms with Gasteiger partial charge in [0.1, 0.15) is 10.7 Å². The number of nitrogens with zero attached hydrogens (tertiary/aromatic N) is 1. The van der Waals surface area contributed by atoms with Gasteiger partial charge in [-0.3, -0.25) is 0 Å². The molecule has 1 unspecified atom stereocenters. The Kier molecular flexibility index (Phi) is 3.80. The zero-order valence-electron chi connectivity index (χ0n) is 10.6. The van der Waals surface area contributed by atoms with Crippen molar-refractivity contribution in [3.8, 4) is 0 Å². The van der Waals surface area contributed by atoms with E-state index in [0.29, 0.717) is 18.5 Å². The number of sulfonamides is 1. The van der Waals surface area contributed by atoms with Gasteiger partial charge in [0.15, 0.2) is 0 Å². The van der Waals surface area contributed by atoms with Gasteiger partial charge in [-0.05, 0) is 37.0 Å². The molecule has 1 fully saturated rings. The molecule has 1 aliphatic heterocycles. The van der Waals surface area contributed by atoms with E-state index in [1.165, 1.54) is 4.31 Å². The molecule has 7 heteroatoms. The minimum absolute atomic E-state index is 0.0649. The summed E-state index contributed by atoms with van der Waals surface area (Å²) < 4.78 is 39.7. The van der Waals surface area contributed by atoms with Crippen LogP contribution in [-0.4, -0.2) is 37.5 Å². The molecule has 0 bridgehead atoms. The second-order valence-corrected chi connectivity index (χ2v) is 6.75. The molecule has 0 saturated carbocycles. The zero-order chi connectivity index (χ0) is 14.2. The van der Waals surface area contributed by atoms with Gasteiger partial charge in [0.25, 0.3) is 0 Å². The summed E-state index contributed by atoms with van der Waals surface area (Å²) in [6.07, 6.45) is 0.582. The molecular formula is C12H17FN2O3S. The van der Waals surface area contributed by atoms with Crippen molar-refractivity contribution in [1.82, 2.24) is 4.31 Å². The summed E-state index contributed by atoms with van der Waals surface area (Å²) in [6.45, 7) is 2.06. The molecule has 0 amide bonds. The predicted octanol–water partition coefficient (Wildman–Crippen LogP) is 0.719. The first-order valence-corrected chi connectivity index (χ1v) is 7.47. The van der Waals surface area contributed by atoms with Crippen LogP contribution in [0.15, 0.2) is 17.0 Å². The third-order valence-corrected chi connectivity index (χ3v) is 5.33. The topological polar surface area (TPSA) is 83.6 Å². The van der Waals surface area contributed by atoms with Crippen LogP contribution in [0.5, 0.6) is 0 Å². The minimum atomic E-state index is -3.88. The average molecular weight is 288 g/mol. The zero-order valence-corrected chi connectivity index (χ0v) is 11.5. The van der Waals surface area contributed by atoms with Gasteiger partial charge in [-0.1, -0.05) is 0 Å². The van der Waals surface area contributed by atoms with Crippen LogP contribution < -0.4 is 5.73 Å². The number of aryl methyl sites for hydroxylation is 1. The van der Waals surface area contributed by atoms with Gasteiger partial charge >= 0.3 is 0 Å². The van der Waals surface area contributed by atoms with Crippen molar-refractivity contribution in [2.75, 3.05) is 25.4 Å². The maximum atomic E-state index is 13.8. The van der Waals surface area contributed by atoms with Crippen LogP contribution in [0.3, 0.4) is 0 Å². The predicted molar refractivity (Wildman–Crippen MR) is 69.5 cm³/mol. The molecule has 3 N–H and O–H groups in total. The van der Waals surface area contributed by atoms with E-state index in [0.717, 1.165) is 12.1 Å². The highest BCUT2D eigenvalue weighted by Crippen LogP contribution is 2.28. The van der Waals surface area contributed by atoms with Crippen molar-refractivity contribution in [2.24, 2.45) is 5.92 Å². The molecule has 0 aliphatic carbocycles. The molecular weight excluding hydrogens is 271 g/mol. The van der Waals surface area contributed by atoms with Gasteiger partial charge in [-0.15, -0.1) is 0 Å². The second kappa shape index (κ2) is 5.07. The van der Waals surface area contributed by atoms with Crippen LogP contribution in [0.2, 0.25) is 0 Å². The van der Waals surface area contributed by atoms with E-state index in [-0.39, 0.29) is 24.8 Å². The number of nitrogens with two attached hydrogens (primary N) is 1. The lowest BCUT2D eigenvalue weighted by Gasteiger charge is -2.17. The summed E-state index contributed by atoms with van der Waals surface area (Å²) >= 11 is 0. The molecule has 1 aromatic carbocycles. The summed E-state index contributed by atoms with van der Waals surface area (Å²) in [5.41, 5.74) is 6.40. The van der Waals surface area contributed by atoms with Gasteiger partial charge in [0.05, 0.1) is 0 Å². The number of benzene rings is 1. The molecule has 1 aliphatic rings. The Bertz CT molecular complexity index is 589. The van der Waals surface area contributed by atoms with Crippen molar-refractivity contribution in [3.63, 3.8) is 0 Å². The van der Waals surface area contributed by atoms with E-state index in [1.54, 1.807) is 6.92 Å². The summed E-state index contributed by atoms with van der Waals surface area (Å²) in [7, 11) is -3.88. The number of hydrogen-bond acceptors (Lipinski definition) is 4. The first kappa shape index (κ1) is 14.2. The van der Waals surface area contributed by atoms with Crippen molar-refractivity contribution < 1.29 is 17.9 Å². The number of hydrogen-bond donors (Lipinski definition) is 2. The highest BCUT2D eigenvalue weighted by Gasteiger charge is 2.34. The molecule has 1 heterocycles. The fourth-order valence-electron chi connectivity index (χ4n) is 2.17. The molecule has 19 heavy (non-hydrogen) atoms. The first-order chi connectivity index (χ1) is 8.86. The van der Waals surface area contributed by atoms with E-state index < -0.39 is 20.7 Å². The molecule has 0 spiro atoms. The Balaban J connectivity index is 2.38. The van der Waals surface area contributed by atoms with Crippen LogP contribution in [0.25, 0.3) is 0 Å². The van der Waals surface area contributed by atoms with E-state index in [2.05, 4.69) is 0 Å². The fraction of sp³-hybridized carbons (Fsp3) is 0.500. The first-order valence-electron chi connectivity index (χ1n) is 6.03. The van der Waals surface area contributed by atoms with E-state index >= 15 is 0 Å². The van der Waals surface area contributed by atoms with E-state index in [9.17, 15) is 12.8 Å². The van der Waals surface area contributed by atoms with Crippen molar-refractivity contribution in [3.05, 3.63) is 23.5 Å². The van der Waals surface area contributed by atoms with Crippen molar-refractivity contribution in [2.45, 2.75) is 18.2 Å². The molecule has 5 nitrogen and oxygen atoms in total. The standard InChI is InChI=1S/C12H17FN2O3S/c1-8-4-10(13)12(5-11(8)14)19(17,18)15-3-2-9(6-15)7-16/h4-5,9,16H,2-3,6-7,14H2,1H3. The average Bonchev–Trinajstić information content (AvgIpc) is 2.83. The third-order valence-electron chi connectivity index (χ3n) is 3.45. The highest BCUT2D eigenvalue weighted by atomic mass is 32.2. The Morgan fingerprint density at radius 3 is 2.79 bits per heavy atom. The quantitative estimate of drug-likeness (QED) is 0.803. The van der Waals surface area contributed by atoms with Gasteiger partial charge in [0, 0.05) is 25.4 Å². The van der Waals surface area contributed by atoms with Gasteiger partial charge in [0.2, 0.25) is 10.0 Å². The smallest absolute Gasteiger partial charge is 0.246 e. The van der Waals surface area contributed by atoms with Crippen LogP contribution in [-0.2, 0) is 10.0 Å². The summed E-state index contributed by atoms with van der Waals surface area (Å²) in [4.78, 5) is -0.394. The Labute approximate surface area is 111 Å². The lowest BCUT2D eigenvalue weighted by molar-refractivity contribution is 0.233. The largest absolute Gasteiger partial charge is 0.398 e. The fourth-order valence-corrected chi connectivity index (χ4v) is 3.78. The number of aliphatic hydroxyl groups excluding tert-OH is 1. The normalized spacial score (nSPS) is 20.9. The monoisotopic (exact) mass is 288 g/mol. The minimum Gasteiger partial charge on any atom is -0.398 e. The third kappa shape index (κ3) is 2.58. The van der Waals surface area contributed by atoms with Crippen LogP contribution >= 0.6 is 0 Å². The number of anilines is 1. The van der Waals surface area contributed by atoms with Gasteiger partial charge in [-0.25, -0.2) is 12.8 Å². The number of aliphatic hydroxyl groups is 1. The van der Waals surface area contributed by atoms with E-state index in [1.807, 2.05) is 0 Å². The van der Waals surface area contributed by atoms with Crippen molar-refractivity contribution >= 4 is 15.7 Å². The maximum Gasteiger partial charge on any atom is 0.246 e. The highest BCUT2D eigenvalue weighted by molar-refractivity contribution is 7.89. The van der Waals surface area contributed by atoms with Crippen LogP contribution in [0.4, 0.5) is 10.1 Å². The Morgan fingerprint density at radius 1 is 1.53 bits per heavy atom. The lowest BCUT2D eigenvalue weighted by Crippen LogP contribution is -2.30. The van der Waals surface area contributed by atoms with Gasteiger partial charge < -0.3 is 10.8 Å². The number of halogens is 1. The van der Waals surface area contributed by atoms with Gasteiger partial charge in [-0.2, -0.15) is 4.31 Å². The summed E-state index contributed by atoms with van der Waals surface area (Å²) in [6, 6.07) is 2.29.